The summed E-state index contributed by atoms with van der Waals surface area (Å²) in [6, 6.07) is 0.00444. The molecule has 1 saturated carbocycles. The zero-order valence-corrected chi connectivity index (χ0v) is 10.5. The minimum atomic E-state index is -3.58. The summed E-state index contributed by atoms with van der Waals surface area (Å²) in [5.74, 6) is 0.0143. The Morgan fingerprint density at radius 1 is 1.67 bits per heavy atom. The molecule has 4 N–H and O–H groups in total. The van der Waals surface area contributed by atoms with Crippen molar-refractivity contribution in [3.63, 3.8) is 0 Å². The molecule has 2 rings (SSSR count). The molecule has 0 aliphatic heterocycles. The summed E-state index contributed by atoms with van der Waals surface area (Å²) in [5, 5.41) is 11.4. The molecule has 0 bridgehead atoms. The fraction of sp³-hybridized carbons (Fsp3) is 0.556. The molecule has 0 saturated heterocycles. The Morgan fingerprint density at radius 2 is 2.39 bits per heavy atom. The van der Waals surface area contributed by atoms with E-state index in [1.54, 1.807) is 0 Å². The summed E-state index contributed by atoms with van der Waals surface area (Å²) in [7, 11) is -3.58. The molecular formula is C9H15N5O3S. The number of sulfonamides is 1. The fourth-order valence-electron chi connectivity index (χ4n) is 1.65. The number of hydrogen-bond acceptors (Lipinski definition) is 5. The highest BCUT2D eigenvalue weighted by atomic mass is 32.2. The second-order valence-corrected chi connectivity index (χ2v) is 5.96. The van der Waals surface area contributed by atoms with Crippen molar-refractivity contribution in [1.29, 1.82) is 0 Å². The van der Waals surface area contributed by atoms with Crippen LogP contribution in [-0.4, -0.2) is 46.3 Å². The molecule has 0 amide bonds. The van der Waals surface area contributed by atoms with Gasteiger partial charge >= 0.3 is 0 Å². The summed E-state index contributed by atoms with van der Waals surface area (Å²) in [6.07, 6.45) is 4.46. The van der Waals surface area contributed by atoms with Crippen LogP contribution in [-0.2, 0) is 10.0 Å². The van der Waals surface area contributed by atoms with Gasteiger partial charge in [-0.25, -0.2) is 13.4 Å². The van der Waals surface area contributed by atoms with Crippen molar-refractivity contribution >= 4 is 15.9 Å². The minimum Gasteiger partial charge on any atom is -0.409 e. The van der Waals surface area contributed by atoms with Crippen LogP contribution < -0.4 is 5.73 Å². The number of rotatable bonds is 6. The van der Waals surface area contributed by atoms with E-state index < -0.39 is 10.0 Å². The molecule has 0 atom stereocenters. The van der Waals surface area contributed by atoms with Crippen LogP contribution in [0.5, 0.6) is 0 Å². The lowest BCUT2D eigenvalue weighted by Gasteiger charge is -2.20. The van der Waals surface area contributed by atoms with E-state index in [-0.39, 0.29) is 29.9 Å². The number of oxime groups is 1. The van der Waals surface area contributed by atoms with E-state index >= 15 is 0 Å². The monoisotopic (exact) mass is 273 g/mol. The number of amidine groups is 1. The summed E-state index contributed by atoms with van der Waals surface area (Å²) in [5.41, 5.74) is 5.36. The van der Waals surface area contributed by atoms with Crippen molar-refractivity contribution in [2.75, 3.05) is 6.54 Å². The number of nitrogens with two attached hydrogens (primary N) is 1. The number of H-pyrrole nitrogens is 1. The highest BCUT2D eigenvalue weighted by molar-refractivity contribution is 7.89. The Hall–Kier alpha value is -1.61. The lowest BCUT2D eigenvalue weighted by atomic mass is 10.4. The number of nitrogens with zero attached hydrogens (tertiary/aromatic N) is 3. The quantitative estimate of drug-likeness (QED) is 0.284. The van der Waals surface area contributed by atoms with Crippen molar-refractivity contribution < 1.29 is 13.6 Å². The highest BCUT2D eigenvalue weighted by Crippen LogP contribution is 2.31. The van der Waals surface area contributed by atoms with Crippen LogP contribution in [0.25, 0.3) is 0 Å². The molecule has 1 aliphatic carbocycles. The van der Waals surface area contributed by atoms with Crippen molar-refractivity contribution in [3.8, 4) is 0 Å². The number of hydrogen-bond donors (Lipinski definition) is 3. The van der Waals surface area contributed by atoms with Crippen molar-refractivity contribution in [1.82, 2.24) is 14.3 Å². The molecule has 9 heteroatoms. The average Bonchev–Trinajstić information content (AvgIpc) is 3.00. The predicted molar refractivity (Wildman–Crippen MR) is 63.5 cm³/mol. The van der Waals surface area contributed by atoms with Gasteiger partial charge in [0.25, 0.3) is 10.0 Å². The van der Waals surface area contributed by atoms with Gasteiger partial charge in [-0.1, -0.05) is 5.16 Å². The molecular weight excluding hydrogens is 258 g/mol. The Morgan fingerprint density at radius 3 is 2.89 bits per heavy atom. The van der Waals surface area contributed by atoms with Gasteiger partial charge in [0.05, 0.1) is 12.5 Å². The van der Waals surface area contributed by atoms with E-state index in [9.17, 15) is 8.42 Å². The van der Waals surface area contributed by atoms with Gasteiger partial charge in [0.2, 0.25) is 0 Å². The molecule has 0 aromatic carbocycles. The van der Waals surface area contributed by atoms with E-state index in [0.29, 0.717) is 0 Å². The highest BCUT2D eigenvalue weighted by Gasteiger charge is 2.38. The average molecular weight is 273 g/mol. The molecule has 0 spiro atoms. The summed E-state index contributed by atoms with van der Waals surface area (Å²) < 4.78 is 25.9. The van der Waals surface area contributed by atoms with E-state index in [0.717, 1.165) is 12.8 Å². The molecule has 100 valence electrons. The minimum absolute atomic E-state index is 0.00444. The second-order valence-electron chi connectivity index (χ2n) is 4.10. The first-order chi connectivity index (χ1) is 8.55. The maximum atomic E-state index is 12.3. The first-order valence-corrected chi connectivity index (χ1v) is 6.96. The van der Waals surface area contributed by atoms with Crippen LogP contribution in [0.3, 0.4) is 0 Å². The zero-order valence-electron chi connectivity index (χ0n) is 9.65. The maximum Gasteiger partial charge on any atom is 0.260 e. The zero-order chi connectivity index (χ0) is 13.2. The maximum absolute atomic E-state index is 12.3. The number of aromatic nitrogens is 2. The largest absolute Gasteiger partial charge is 0.409 e. The first-order valence-electron chi connectivity index (χ1n) is 5.52. The van der Waals surface area contributed by atoms with Crippen LogP contribution in [0, 0.1) is 0 Å². The van der Waals surface area contributed by atoms with Gasteiger partial charge in [0.1, 0.15) is 5.84 Å². The van der Waals surface area contributed by atoms with Gasteiger partial charge in [0, 0.05) is 19.0 Å². The Kier molecular flexibility index (Phi) is 3.53. The van der Waals surface area contributed by atoms with Crippen molar-refractivity contribution in [3.05, 3.63) is 12.5 Å². The van der Waals surface area contributed by atoms with Crippen LogP contribution in [0.4, 0.5) is 0 Å². The lowest BCUT2D eigenvalue weighted by Crippen LogP contribution is -2.36. The lowest BCUT2D eigenvalue weighted by molar-refractivity contribution is 0.315. The van der Waals surface area contributed by atoms with E-state index in [1.165, 1.54) is 16.8 Å². The third kappa shape index (κ3) is 2.62. The van der Waals surface area contributed by atoms with Gasteiger partial charge < -0.3 is 15.9 Å². The Balaban J connectivity index is 2.15. The molecule has 1 aromatic heterocycles. The van der Waals surface area contributed by atoms with Gasteiger partial charge in [0.15, 0.2) is 5.03 Å². The SMILES string of the molecule is NC(CCN(C1CC1)S(=O)(=O)c1cnc[nH]1)=NO. The molecule has 0 radical (unpaired) electrons. The molecule has 1 heterocycles. The smallest absolute Gasteiger partial charge is 0.260 e. The summed E-state index contributed by atoms with van der Waals surface area (Å²) in [6.45, 7) is 0.196. The summed E-state index contributed by atoms with van der Waals surface area (Å²) in [4.78, 5) is 6.30. The fourth-order valence-corrected chi connectivity index (χ4v) is 3.23. The van der Waals surface area contributed by atoms with Gasteiger partial charge in [-0.05, 0) is 12.8 Å². The molecule has 18 heavy (non-hydrogen) atoms. The number of nitrogens with one attached hydrogen (secondary N) is 1. The van der Waals surface area contributed by atoms with E-state index in [2.05, 4.69) is 15.1 Å². The standard InChI is InChI=1S/C9H15N5O3S/c10-8(13-15)3-4-14(7-1-2-7)18(16,17)9-5-11-6-12-9/h5-7,15H,1-4H2,(H2,10,13)(H,11,12). The normalized spacial score (nSPS) is 17.3. The Bertz CT molecular complexity index is 520. The topological polar surface area (TPSA) is 125 Å². The molecule has 1 fully saturated rings. The van der Waals surface area contributed by atoms with Crippen LogP contribution >= 0.6 is 0 Å². The van der Waals surface area contributed by atoms with Gasteiger partial charge in [-0.3, -0.25) is 0 Å². The van der Waals surface area contributed by atoms with Crippen molar-refractivity contribution in [2.45, 2.75) is 30.3 Å². The molecule has 8 nitrogen and oxygen atoms in total. The predicted octanol–water partition coefficient (Wildman–Crippen LogP) is -0.301. The van der Waals surface area contributed by atoms with Crippen molar-refractivity contribution in [2.24, 2.45) is 10.9 Å². The Labute approximate surface area is 105 Å². The van der Waals surface area contributed by atoms with Crippen LogP contribution in [0.1, 0.15) is 19.3 Å². The third-order valence-electron chi connectivity index (χ3n) is 2.73. The van der Waals surface area contributed by atoms with Gasteiger partial charge in [-0.2, -0.15) is 4.31 Å². The molecule has 1 aromatic rings. The summed E-state index contributed by atoms with van der Waals surface area (Å²) >= 11 is 0. The van der Waals surface area contributed by atoms with Crippen LogP contribution in [0.15, 0.2) is 22.7 Å². The third-order valence-corrected chi connectivity index (χ3v) is 4.61. The second kappa shape index (κ2) is 4.94. The van der Waals surface area contributed by atoms with Gasteiger partial charge in [-0.15, -0.1) is 0 Å². The van der Waals surface area contributed by atoms with E-state index in [1.807, 2.05) is 0 Å². The van der Waals surface area contributed by atoms with Crippen LogP contribution in [0.2, 0.25) is 0 Å². The molecule has 1 aliphatic rings. The van der Waals surface area contributed by atoms with E-state index in [4.69, 9.17) is 10.9 Å². The first kappa shape index (κ1) is 12.8. The number of aromatic amines is 1. The molecule has 0 unspecified atom stereocenters. The number of imidazole rings is 1.